The predicted molar refractivity (Wildman–Crippen MR) is 199 cm³/mol. The lowest BCUT2D eigenvalue weighted by Gasteiger charge is -2.65. The molecule has 0 N–H and O–H groups in total. The van der Waals surface area contributed by atoms with E-state index >= 15 is 0 Å². The van der Waals surface area contributed by atoms with Crippen molar-refractivity contribution in [2.24, 2.45) is 0 Å². The average molecular weight is 762 g/mol. The zero-order valence-electron chi connectivity index (χ0n) is 23.4. The highest BCUT2D eigenvalue weighted by atomic mass is 79.9. The second-order valence-electron chi connectivity index (χ2n) is 13.2. The summed E-state index contributed by atoms with van der Waals surface area (Å²) in [4.78, 5) is 0. The monoisotopic (exact) mass is 759 g/mol. The van der Waals surface area contributed by atoms with Gasteiger partial charge in [0, 0.05) is 63.9 Å². The second kappa shape index (κ2) is 7.33. The molecule has 0 amide bonds. The summed E-state index contributed by atoms with van der Waals surface area (Å²) in [6.45, 7) is 0.217. The first kappa shape index (κ1) is 23.7. The van der Waals surface area contributed by atoms with Gasteiger partial charge in [-0.05, 0) is 86.2 Å². The standard InChI is InChI=1S/C36H15B3Br3N3/c40-16-10-25-19-4-1-5-20-26-11-17(41)13-28-22-7-3-9-24-30-15-18(42)14-29-23-8-2-6-21-27(12-16)34(25)43-37(31(19)20)44(35(26)28)39(33(22)24)45(36(29)30)38(43)32(21)23/h1-15H. The fourth-order valence-corrected chi connectivity index (χ4v) is 11.5. The molecule has 45 heavy (non-hydrogen) atoms. The first-order chi connectivity index (χ1) is 22.1. The van der Waals surface area contributed by atoms with Crippen LogP contribution in [0.5, 0.6) is 0 Å². The van der Waals surface area contributed by atoms with Gasteiger partial charge < -0.3 is 14.2 Å². The lowest BCUT2D eigenvalue weighted by molar-refractivity contribution is 1.24. The van der Waals surface area contributed by atoms with E-state index in [2.05, 4.69) is 153 Å². The van der Waals surface area contributed by atoms with Crippen molar-refractivity contribution in [3.63, 3.8) is 0 Å². The maximum atomic E-state index is 3.95. The highest BCUT2D eigenvalue weighted by molar-refractivity contribution is 9.11. The van der Waals surface area contributed by atoms with Crippen LogP contribution in [0.1, 0.15) is 0 Å². The molecule has 204 valence electrons. The van der Waals surface area contributed by atoms with Gasteiger partial charge in [-0.15, -0.1) is 0 Å². The number of fused-ring (bicyclic) bond motifs is 6. The number of hydrogen-bond donors (Lipinski definition) is 0. The summed E-state index contributed by atoms with van der Waals surface area (Å²) in [5, 5.41) is 0. The molecule has 6 aromatic rings. The minimum Gasteiger partial charge on any atom is -0.415 e. The molecule has 1 fully saturated rings. The molecule has 9 heteroatoms. The quantitative estimate of drug-likeness (QED) is 0.146. The van der Waals surface area contributed by atoms with Crippen LogP contribution in [0.4, 0.5) is 17.1 Å². The number of halogens is 3. The minimum absolute atomic E-state index is 0.0725. The molecule has 0 radical (unpaired) electrons. The maximum absolute atomic E-state index is 3.95. The fraction of sp³-hybridized carbons (Fsp3) is 0. The Morgan fingerprint density at radius 2 is 0.556 bits per heavy atom. The highest BCUT2D eigenvalue weighted by Crippen LogP contribution is 2.60. The number of rotatable bonds is 0. The Morgan fingerprint density at radius 3 is 0.778 bits per heavy atom. The van der Waals surface area contributed by atoms with E-state index in [1.807, 2.05) is 0 Å². The molecular weight excluding hydrogens is 747 g/mol. The van der Waals surface area contributed by atoms with E-state index in [4.69, 9.17) is 0 Å². The van der Waals surface area contributed by atoms with Gasteiger partial charge in [0.15, 0.2) is 0 Å². The third-order valence-corrected chi connectivity index (χ3v) is 12.8. The Kier molecular flexibility index (Phi) is 3.85. The second-order valence-corrected chi connectivity index (χ2v) is 15.9. The minimum atomic E-state index is 0.0725. The lowest BCUT2D eigenvalue weighted by Crippen LogP contribution is -2.90. The zero-order chi connectivity index (χ0) is 29.2. The van der Waals surface area contributed by atoms with Crippen molar-refractivity contribution in [1.82, 2.24) is 0 Å². The average Bonchev–Trinajstić information content (AvgIpc) is 3.05. The topological polar surface area (TPSA) is 9.72 Å². The Morgan fingerprint density at radius 1 is 0.333 bits per heavy atom. The summed E-state index contributed by atoms with van der Waals surface area (Å²) in [7, 11) is 0. The van der Waals surface area contributed by atoms with E-state index in [0.29, 0.717) is 0 Å². The first-order valence-corrected chi connectivity index (χ1v) is 17.7. The molecule has 1 saturated heterocycles. The van der Waals surface area contributed by atoms with Crippen LogP contribution >= 0.6 is 47.8 Å². The molecule has 13 rings (SSSR count). The summed E-state index contributed by atoms with van der Waals surface area (Å²) in [6.07, 6.45) is 0. The third kappa shape index (κ3) is 2.37. The van der Waals surface area contributed by atoms with Gasteiger partial charge in [-0.1, -0.05) is 102 Å². The van der Waals surface area contributed by atoms with Gasteiger partial charge in [0.1, 0.15) is 0 Å². The van der Waals surface area contributed by atoms with Crippen molar-refractivity contribution < 1.29 is 0 Å². The van der Waals surface area contributed by atoms with Crippen LogP contribution in [0.25, 0.3) is 66.8 Å². The smallest absolute Gasteiger partial charge is 0.390 e. The highest BCUT2D eigenvalue weighted by Gasteiger charge is 2.66. The summed E-state index contributed by atoms with van der Waals surface area (Å²) in [5.74, 6) is 0. The Labute approximate surface area is 285 Å². The van der Waals surface area contributed by atoms with Gasteiger partial charge in [0.05, 0.1) is 0 Å². The number of nitrogens with zero attached hydrogens (tertiary/aromatic N) is 3. The van der Waals surface area contributed by atoms with Crippen molar-refractivity contribution in [3.8, 4) is 66.8 Å². The van der Waals surface area contributed by atoms with Crippen LogP contribution in [0, 0.1) is 0 Å². The summed E-state index contributed by atoms with van der Waals surface area (Å²) < 4.78 is 11.8. The Hall–Kier alpha value is -3.65. The molecule has 0 bridgehead atoms. The number of hydrogen-bond acceptors (Lipinski definition) is 3. The third-order valence-electron chi connectivity index (χ3n) is 11.4. The first-order valence-electron chi connectivity index (χ1n) is 15.3. The molecular formula is C36H15B3Br3N3. The fourth-order valence-electron chi connectivity index (χ4n) is 10.2. The van der Waals surface area contributed by atoms with Crippen molar-refractivity contribution in [3.05, 3.63) is 104 Å². The van der Waals surface area contributed by atoms with Crippen LogP contribution in [-0.2, 0) is 0 Å². The van der Waals surface area contributed by atoms with Crippen LogP contribution in [0.2, 0.25) is 0 Å². The molecule has 0 spiro atoms. The molecule has 0 aliphatic carbocycles. The molecule has 0 aromatic heterocycles. The van der Waals surface area contributed by atoms with Crippen LogP contribution < -0.4 is 30.6 Å². The van der Waals surface area contributed by atoms with E-state index in [1.54, 1.807) is 0 Å². The predicted octanol–water partition coefficient (Wildman–Crippen LogP) is 7.88. The molecule has 0 unspecified atom stereocenters. The molecule has 6 aromatic carbocycles. The number of benzene rings is 6. The van der Waals surface area contributed by atoms with E-state index in [0.717, 1.165) is 13.4 Å². The van der Waals surface area contributed by atoms with E-state index in [-0.39, 0.29) is 20.9 Å². The molecule has 7 heterocycles. The van der Waals surface area contributed by atoms with Crippen molar-refractivity contribution in [2.75, 3.05) is 14.2 Å². The van der Waals surface area contributed by atoms with Crippen molar-refractivity contribution in [1.29, 1.82) is 0 Å². The molecule has 7 aliphatic rings. The lowest BCUT2D eigenvalue weighted by atomic mass is 9.30. The molecule has 0 atom stereocenters. The SMILES string of the molecule is Brc1cc2c3c(c1)-c1cccc4c1B1N3B3c5c-2cccc5-c2cc(Br)cc5c2N3B2c3c-5cccc3-c3cc(Br)cc-4c3N12. The zero-order valence-corrected chi connectivity index (χ0v) is 28.1. The molecule has 7 aliphatic heterocycles. The van der Waals surface area contributed by atoms with Gasteiger partial charge in [-0.2, -0.15) is 0 Å². The van der Waals surface area contributed by atoms with Crippen molar-refractivity contribution >= 4 is 102 Å². The number of anilines is 3. The van der Waals surface area contributed by atoms with Crippen LogP contribution in [0.3, 0.4) is 0 Å². The van der Waals surface area contributed by atoms with E-state index in [1.165, 1.54) is 100 Å². The largest absolute Gasteiger partial charge is 0.415 e. The van der Waals surface area contributed by atoms with Crippen LogP contribution in [-0.4, -0.2) is 20.9 Å². The molecule has 0 saturated carbocycles. The van der Waals surface area contributed by atoms with Gasteiger partial charge in [-0.3, -0.25) is 0 Å². The summed E-state index contributed by atoms with van der Waals surface area (Å²) in [5.41, 5.74) is 24.4. The summed E-state index contributed by atoms with van der Waals surface area (Å²) in [6, 6.07) is 35.1. The van der Waals surface area contributed by atoms with Gasteiger partial charge in [0.25, 0.3) is 0 Å². The molecule has 3 nitrogen and oxygen atoms in total. The van der Waals surface area contributed by atoms with Crippen LogP contribution in [0.15, 0.2) is 104 Å². The normalized spacial score (nSPS) is 16.1. The van der Waals surface area contributed by atoms with Gasteiger partial charge in [-0.25, -0.2) is 0 Å². The Balaban J connectivity index is 1.33. The van der Waals surface area contributed by atoms with E-state index in [9.17, 15) is 0 Å². The van der Waals surface area contributed by atoms with Gasteiger partial charge >= 0.3 is 20.9 Å². The maximum Gasteiger partial charge on any atom is 0.390 e. The Bertz CT molecular complexity index is 2130. The van der Waals surface area contributed by atoms with Crippen molar-refractivity contribution in [2.45, 2.75) is 0 Å². The van der Waals surface area contributed by atoms with E-state index < -0.39 is 0 Å². The van der Waals surface area contributed by atoms with Gasteiger partial charge in [0.2, 0.25) is 0 Å². The summed E-state index contributed by atoms with van der Waals surface area (Å²) >= 11 is 11.9.